The van der Waals surface area contributed by atoms with E-state index in [2.05, 4.69) is 35.6 Å². The number of rotatable bonds is 6. The average Bonchev–Trinajstić information content (AvgIpc) is 2.76. The highest BCUT2D eigenvalue weighted by molar-refractivity contribution is 5.64. The zero-order chi connectivity index (χ0) is 21.1. The number of piperazine rings is 1. The third kappa shape index (κ3) is 4.06. The highest BCUT2D eigenvalue weighted by Crippen LogP contribution is 2.28. The summed E-state index contributed by atoms with van der Waals surface area (Å²) in [5, 5.41) is 3.00. The lowest BCUT2D eigenvalue weighted by molar-refractivity contribution is 0.266. The van der Waals surface area contributed by atoms with Gasteiger partial charge in [-0.05, 0) is 12.1 Å². The molecule has 0 bridgehead atoms. The smallest absolute Gasteiger partial charge is 0.424 e. The Morgan fingerprint density at radius 2 is 1.83 bits per heavy atom. The standard InChI is InChI=1S/C19H21N5O6/c1-28-13-5-3-2-4-12(13)24-10-8-23(9-11-24)7-6-20-19-21-15(25)14-16(22-19)30-18(27)17(26)29-14/h2-5H,6-11H2,1H3,(H2,20,21,22,25). The van der Waals surface area contributed by atoms with E-state index in [0.29, 0.717) is 6.54 Å². The first-order valence-electron chi connectivity index (χ1n) is 9.47. The molecule has 3 aromatic rings. The van der Waals surface area contributed by atoms with Crippen LogP contribution in [0.5, 0.6) is 5.75 Å². The van der Waals surface area contributed by atoms with Crippen molar-refractivity contribution in [2.75, 3.05) is 56.6 Å². The van der Waals surface area contributed by atoms with Gasteiger partial charge in [0.1, 0.15) is 5.75 Å². The molecular weight excluding hydrogens is 394 g/mol. The first-order chi connectivity index (χ1) is 14.5. The van der Waals surface area contributed by atoms with Crippen molar-refractivity contribution >= 4 is 22.9 Å². The number of nitrogens with zero attached hydrogens (tertiary/aromatic N) is 3. The van der Waals surface area contributed by atoms with Crippen molar-refractivity contribution in [1.82, 2.24) is 14.9 Å². The van der Waals surface area contributed by atoms with Crippen molar-refractivity contribution in [2.24, 2.45) is 0 Å². The maximum absolute atomic E-state index is 12.0. The predicted octanol–water partition coefficient (Wildman–Crippen LogP) is 0.0722. The molecule has 11 heteroatoms. The van der Waals surface area contributed by atoms with Gasteiger partial charge in [-0.15, -0.1) is 0 Å². The predicted molar refractivity (Wildman–Crippen MR) is 110 cm³/mol. The van der Waals surface area contributed by atoms with Gasteiger partial charge in [0.15, 0.2) is 0 Å². The van der Waals surface area contributed by atoms with Crippen LogP contribution in [0.15, 0.2) is 47.5 Å². The Kier molecular flexibility index (Phi) is 5.53. The Bertz CT molecular complexity index is 1210. The van der Waals surface area contributed by atoms with E-state index in [1.54, 1.807) is 7.11 Å². The summed E-state index contributed by atoms with van der Waals surface area (Å²) in [6, 6.07) is 7.96. The Hall–Kier alpha value is -3.60. The molecule has 0 aliphatic carbocycles. The zero-order valence-corrected chi connectivity index (χ0v) is 16.3. The van der Waals surface area contributed by atoms with Crippen LogP contribution in [0, 0.1) is 0 Å². The van der Waals surface area contributed by atoms with Crippen molar-refractivity contribution in [3.05, 3.63) is 55.5 Å². The molecule has 1 saturated heterocycles. The highest BCUT2D eigenvalue weighted by atomic mass is 16.5. The molecule has 1 aliphatic rings. The topological polar surface area (TPSA) is 134 Å². The number of hydrogen-bond donors (Lipinski definition) is 2. The fourth-order valence-corrected chi connectivity index (χ4v) is 3.38. The van der Waals surface area contributed by atoms with Gasteiger partial charge >= 0.3 is 11.3 Å². The highest BCUT2D eigenvalue weighted by Gasteiger charge is 2.19. The minimum atomic E-state index is -1.25. The molecule has 158 valence electrons. The normalized spacial score (nSPS) is 14.8. The van der Waals surface area contributed by atoms with Crippen LogP contribution in [0.2, 0.25) is 0 Å². The molecule has 0 unspecified atom stereocenters. The second kappa shape index (κ2) is 8.41. The summed E-state index contributed by atoms with van der Waals surface area (Å²) in [4.78, 5) is 45.5. The minimum absolute atomic E-state index is 0.136. The van der Waals surface area contributed by atoms with E-state index in [1.807, 2.05) is 18.2 Å². The van der Waals surface area contributed by atoms with Gasteiger partial charge in [0.05, 0.1) is 12.8 Å². The molecule has 4 rings (SSSR count). The summed E-state index contributed by atoms with van der Waals surface area (Å²) in [7, 11) is 1.67. The molecule has 11 nitrogen and oxygen atoms in total. The number of H-pyrrole nitrogens is 1. The van der Waals surface area contributed by atoms with Crippen molar-refractivity contribution < 1.29 is 13.6 Å². The number of fused-ring (bicyclic) bond motifs is 1. The lowest BCUT2D eigenvalue weighted by atomic mass is 10.2. The maximum Gasteiger partial charge on any atom is 0.424 e. The van der Waals surface area contributed by atoms with Gasteiger partial charge in [0, 0.05) is 39.3 Å². The number of benzene rings is 1. The lowest BCUT2D eigenvalue weighted by Gasteiger charge is -2.36. The van der Waals surface area contributed by atoms with Crippen molar-refractivity contribution in [2.45, 2.75) is 0 Å². The molecule has 2 N–H and O–H groups in total. The second-order valence-corrected chi connectivity index (χ2v) is 6.76. The van der Waals surface area contributed by atoms with Gasteiger partial charge in [0.25, 0.3) is 16.9 Å². The Morgan fingerprint density at radius 1 is 1.10 bits per heavy atom. The van der Waals surface area contributed by atoms with Crippen LogP contribution in [-0.2, 0) is 0 Å². The number of methoxy groups -OCH3 is 1. The van der Waals surface area contributed by atoms with Crippen LogP contribution in [0.3, 0.4) is 0 Å². The molecule has 0 atom stereocenters. The summed E-state index contributed by atoms with van der Waals surface area (Å²) in [5.74, 6) is 0.999. The summed E-state index contributed by atoms with van der Waals surface area (Å²) >= 11 is 0. The van der Waals surface area contributed by atoms with Crippen molar-refractivity contribution in [3.8, 4) is 5.75 Å². The van der Waals surface area contributed by atoms with Crippen molar-refractivity contribution in [3.63, 3.8) is 0 Å². The van der Waals surface area contributed by atoms with E-state index in [1.165, 1.54) is 0 Å². The SMILES string of the molecule is COc1ccccc1N1CCN(CCNc2nc3oc(=O)c(=O)oc3c(=O)[nH]2)CC1. The number of nitrogens with one attached hydrogen (secondary N) is 2. The molecule has 3 heterocycles. The number of hydrogen-bond acceptors (Lipinski definition) is 10. The third-order valence-corrected chi connectivity index (χ3v) is 4.92. The minimum Gasteiger partial charge on any atom is -0.495 e. The summed E-state index contributed by atoms with van der Waals surface area (Å²) in [5.41, 5.74) is -2.81. The van der Waals surface area contributed by atoms with E-state index in [0.717, 1.165) is 44.2 Å². The van der Waals surface area contributed by atoms with E-state index < -0.39 is 22.4 Å². The summed E-state index contributed by atoms with van der Waals surface area (Å²) in [6.07, 6.45) is 0. The Labute approximate surface area is 169 Å². The number of aromatic amines is 1. The first-order valence-corrected chi connectivity index (χ1v) is 9.47. The Morgan fingerprint density at radius 3 is 2.60 bits per heavy atom. The van der Waals surface area contributed by atoms with Gasteiger partial charge < -0.3 is 23.8 Å². The van der Waals surface area contributed by atoms with Crippen molar-refractivity contribution in [1.29, 1.82) is 0 Å². The van der Waals surface area contributed by atoms with E-state index in [-0.39, 0.29) is 11.7 Å². The fraction of sp³-hybridized carbons (Fsp3) is 0.368. The van der Waals surface area contributed by atoms with Gasteiger partial charge in [-0.3, -0.25) is 14.7 Å². The Balaban J connectivity index is 1.33. The lowest BCUT2D eigenvalue weighted by Crippen LogP contribution is -2.47. The van der Waals surface area contributed by atoms with Gasteiger partial charge in [-0.25, -0.2) is 9.59 Å². The quantitative estimate of drug-likeness (QED) is 0.533. The molecule has 1 aromatic carbocycles. The average molecular weight is 415 g/mol. The molecule has 0 amide bonds. The van der Waals surface area contributed by atoms with Crippen LogP contribution in [0.4, 0.5) is 11.6 Å². The van der Waals surface area contributed by atoms with E-state index >= 15 is 0 Å². The van der Waals surface area contributed by atoms with E-state index in [9.17, 15) is 14.4 Å². The van der Waals surface area contributed by atoms with Crippen LogP contribution in [0.25, 0.3) is 11.3 Å². The number of aromatic nitrogens is 2. The monoisotopic (exact) mass is 415 g/mol. The van der Waals surface area contributed by atoms with Crippen LogP contribution >= 0.6 is 0 Å². The fourth-order valence-electron chi connectivity index (χ4n) is 3.38. The molecule has 30 heavy (non-hydrogen) atoms. The van der Waals surface area contributed by atoms with E-state index in [4.69, 9.17) is 9.15 Å². The molecule has 2 aromatic heterocycles. The number of anilines is 2. The maximum atomic E-state index is 12.0. The number of ether oxygens (including phenoxy) is 1. The van der Waals surface area contributed by atoms with Gasteiger partial charge in [-0.2, -0.15) is 4.98 Å². The number of para-hydroxylation sites is 2. The first kappa shape index (κ1) is 19.7. The molecular formula is C19H21N5O6. The van der Waals surface area contributed by atoms with Gasteiger partial charge in [0.2, 0.25) is 5.95 Å². The van der Waals surface area contributed by atoms with Gasteiger partial charge in [-0.1, -0.05) is 12.1 Å². The molecule has 0 radical (unpaired) electrons. The largest absolute Gasteiger partial charge is 0.495 e. The molecule has 1 aliphatic heterocycles. The third-order valence-electron chi connectivity index (χ3n) is 4.92. The molecule has 0 spiro atoms. The van der Waals surface area contributed by atoms with Crippen LogP contribution < -0.4 is 31.8 Å². The summed E-state index contributed by atoms with van der Waals surface area (Å²) in [6.45, 7) is 4.74. The van der Waals surface area contributed by atoms with Crippen LogP contribution in [0.1, 0.15) is 0 Å². The zero-order valence-electron chi connectivity index (χ0n) is 16.3. The second-order valence-electron chi connectivity index (χ2n) is 6.76. The van der Waals surface area contributed by atoms with Crippen LogP contribution in [-0.4, -0.2) is 61.2 Å². The molecule has 1 fully saturated rings. The molecule has 0 saturated carbocycles. The summed E-state index contributed by atoms with van der Waals surface area (Å²) < 4.78 is 14.8.